The highest BCUT2D eigenvalue weighted by Crippen LogP contribution is 2.21. The Bertz CT molecular complexity index is 575. The number of nitrogens with two attached hydrogens (primary N) is 1. The van der Waals surface area contributed by atoms with Gasteiger partial charge in [0.1, 0.15) is 5.52 Å². The molecule has 2 aromatic heterocycles. The van der Waals surface area contributed by atoms with Crippen LogP contribution in [0.25, 0.3) is 11.2 Å². The molecule has 0 bridgehead atoms. The van der Waals surface area contributed by atoms with E-state index in [4.69, 9.17) is 15.2 Å². The van der Waals surface area contributed by atoms with E-state index in [1.165, 1.54) is 0 Å². The van der Waals surface area contributed by atoms with Gasteiger partial charge < -0.3 is 15.2 Å². The number of imidazole rings is 1. The lowest BCUT2D eigenvalue weighted by atomic mass is 10.3. The lowest BCUT2D eigenvalue weighted by molar-refractivity contribution is 0.0684. The first-order chi connectivity index (χ1) is 10.2. The van der Waals surface area contributed by atoms with Gasteiger partial charge in [-0.2, -0.15) is 5.10 Å². The maximum atomic E-state index is 6.03. The second kappa shape index (κ2) is 7.42. The summed E-state index contributed by atoms with van der Waals surface area (Å²) in [7, 11) is 1.68. The van der Waals surface area contributed by atoms with Crippen molar-refractivity contribution in [2.24, 2.45) is 0 Å². The van der Waals surface area contributed by atoms with Gasteiger partial charge in [0.2, 0.25) is 5.95 Å². The summed E-state index contributed by atoms with van der Waals surface area (Å²) in [5.74, 6) is 0.563. The largest absolute Gasteiger partial charge is 0.382 e. The van der Waals surface area contributed by atoms with Gasteiger partial charge >= 0.3 is 0 Å². The van der Waals surface area contributed by atoms with Crippen LogP contribution in [0.1, 0.15) is 25.5 Å². The van der Waals surface area contributed by atoms with E-state index in [2.05, 4.69) is 17.0 Å². The van der Waals surface area contributed by atoms with Crippen LogP contribution >= 0.6 is 0 Å². The Morgan fingerprint density at radius 2 is 2.00 bits per heavy atom. The Kier molecular flexibility index (Phi) is 5.58. The number of hydrogen-bond acceptors (Lipinski definition) is 5. The van der Waals surface area contributed by atoms with Crippen LogP contribution in [-0.2, 0) is 22.6 Å². The number of unbranched alkanes of at least 4 members (excludes halogenated alkanes) is 1. The smallest absolute Gasteiger partial charge is 0.202 e. The summed E-state index contributed by atoms with van der Waals surface area (Å²) in [6.45, 7) is 7.72. The zero-order valence-electron chi connectivity index (χ0n) is 13.1. The topological polar surface area (TPSA) is 80.1 Å². The standard InChI is InChI=1S/C14H25N5O2/c1-4-19-13-12(11(2)17-19)16-14(15)18(13)7-5-6-8-21-10-9-20-3/h4-10H2,1-3H3,(H2,15,16). The third-order valence-electron chi connectivity index (χ3n) is 3.48. The third-order valence-corrected chi connectivity index (χ3v) is 3.48. The number of fused-ring (bicyclic) bond motifs is 1. The number of ether oxygens (including phenoxy) is 2. The average molecular weight is 295 g/mol. The predicted molar refractivity (Wildman–Crippen MR) is 82.3 cm³/mol. The molecule has 21 heavy (non-hydrogen) atoms. The van der Waals surface area contributed by atoms with Gasteiger partial charge in [0.05, 0.1) is 18.9 Å². The van der Waals surface area contributed by atoms with Crippen LogP contribution in [0.5, 0.6) is 0 Å². The first-order valence-corrected chi connectivity index (χ1v) is 7.44. The summed E-state index contributed by atoms with van der Waals surface area (Å²) < 4.78 is 14.4. The lowest BCUT2D eigenvalue weighted by Crippen LogP contribution is -2.09. The fourth-order valence-corrected chi connectivity index (χ4v) is 2.40. The Hall–Kier alpha value is -1.60. The van der Waals surface area contributed by atoms with Gasteiger partial charge in [-0.25, -0.2) is 9.67 Å². The summed E-state index contributed by atoms with van der Waals surface area (Å²) in [5, 5.41) is 4.49. The molecule has 2 rings (SSSR count). The minimum Gasteiger partial charge on any atom is -0.382 e. The number of rotatable bonds is 9. The quantitative estimate of drug-likeness (QED) is 0.711. The SMILES string of the molecule is CCn1nc(C)c2nc(N)n(CCCCOCCOC)c21. The van der Waals surface area contributed by atoms with E-state index in [-0.39, 0.29) is 0 Å². The number of nitrogens with zero attached hydrogens (tertiary/aromatic N) is 4. The Morgan fingerprint density at radius 1 is 1.19 bits per heavy atom. The molecule has 0 radical (unpaired) electrons. The summed E-state index contributed by atoms with van der Waals surface area (Å²) in [6.07, 6.45) is 1.98. The average Bonchev–Trinajstić information content (AvgIpc) is 2.96. The molecule has 2 N–H and O–H groups in total. The van der Waals surface area contributed by atoms with Crippen LogP contribution in [0.4, 0.5) is 5.95 Å². The first kappa shape index (κ1) is 15.8. The zero-order chi connectivity index (χ0) is 15.2. The highest BCUT2D eigenvalue weighted by Gasteiger charge is 2.16. The maximum Gasteiger partial charge on any atom is 0.202 e. The van der Waals surface area contributed by atoms with Crippen LogP contribution in [0.3, 0.4) is 0 Å². The van der Waals surface area contributed by atoms with E-state index in [0.717, 1.165) is 49.4 Å². The van der Waals surface area contributed by atoms with Crippen LogP contribution in [0.15, 0.2) is 0 Å². The molecule has 0 aliphatic heterocycles. The summed E-state index contributed by atoms with van der Waals surface area (Å²) >= 11 is 0. The molecule has 2 heterocycles. The van der Waals surface area contributed by atoms with Crippen molar-refractivity contribution < 1.29 is 9.47 Å². The van der Waals surface area contributed by atoms with E-state index in [0.29, 0.717) is 19.2 Å². The molecule has 0 aliphatic carbocycles. The second-order valence-electron chi connectivity index (χ2n) is 5.01. The van der Waals surface area contributed by atoms with Crippen molar-refractivity contribution in [1.29, 1.82) is 0 Å². The molecule has 0 saturated carbocycles. The number of aryl methyl sites for hydroxylation is 3. The molecule has 0 spiro atoms. The van der Waals surface area contributed by atoms with Gasteiger partial charge in [0.15, 0.2) is 5.65 Å². The van der Waals surface area contributed by atoms with Gasteiger partial charge in [-0.05, 0) is 26.7 Å². The summed E-state index contributed by atoms with van der Waals surface area (Å²) in [6, 6.07) is 0. The van der Waals surface area contributed by atoms with Crippen molar-refractivity contribution in [3.05, 3.63) is 5.69 Å². The molecule has 0 fully saturated rings. The number of hydrogen-bond donors (Lipinski definition) is 1. The van der Waals surface area contributed by atoms with E-state index in [1.54, 1.807) is 7.11 Å². The molecule has 0 saturated heterocycles. The monoisotopic (exact) mass is 295 g/mol. The molecule has 2 aromatic rings. The van der Waals surface area contributed by atoms with Crippen molar-refractivity contribution in [3.8, 4) is 0 Å². The minimum absolute atomic E-state index is 0.563. The van der Waals surface area contributed by atoms with Crippen LogP contribution in [0, 0.1) is 6.92 Å². The van der Waals surface area contributed by atoms with Crippen molar-refractivity contribution in [2.75, 3.05) is 32.7 Å². The Morgan fingerprint density at radius 3 is 2.71 bits per heavy atom. The van der Waals surface area contributed by atoms with Gasteiger partial charge in [0.25, 0.3) is 0 Å². The second-order valence-corrected chi connectivity index (χ2v) is 5.01. The minimum atomic E-state index is 0.563. The predicted octanol–water partition coefficient (Wildman–Crippen LogP) is 1.59. The number of nitrogen functional groups attached to an aromatic ring is 1. The molecule has 0 atom stereocenters. The molecular weight excluding hydrogens is 270 g/mol. The fraction of sp³-hybridized carbons (Fsp3) is 0.714. The first-order valence-electron chi connectivity index (χ1n) is 7.44. The number of anilines is 1. The van der Waals surface area contributed by atoms with Crippen molar-refractivity contribution in [1.82, 2.24) is 19.3 Å². The van der Waals surface area contributed by atoms with E-state index < -0.39 is 0 Å². The van der Waals surface area contributed by atoms with Gasteiger partial charge in [-0.3, -0.25) is 4.57 Å². The summed E-state index contributed by atoms with van der Waals surface area (Å²) in [4.78, 5) is 4.43. The van der Waals surface area contributed by atoms with Gasteiger partial charge in [-0.15, -0.1) is 0 Å². The molecule has 0 unspecified atom stereocenters. The van der Waals surface area contributed by atoms with Crippen molar-refractivity contribution in [3.63, 3.8) is 0 Å². The zero-order valence-corrected chi connectivity index (χ0v) is 13.1. The van der Waals surface area contributed by atoms with Crippen LogP contribution in [-0.4, -0.2) is 46.3 Å². The Balaban J connectivity index is 1.94. The highest BCUT2D eigenvalue weighted by molar-refractivity contribution is 5.77. The summed E-state index contributed by atoms with van der Waals surface area (Å²) in [5.41, 5.74) is 8.89. The van der Waals surface area contributed by atoms with E-state index in [1.807, 2.05) is 16.2 Å². The van der Waals surface area contributed by atoms with E-state index in [9.17, 15) is 0 Å². The highest BCUT2D eigenvalue weighted by atomic mass is 16.5. The molecule has 0 aromatic carbocycles. The normalized spacial score (nSPS) is 11.6. The maximum absolute atomic E-state index is 6.03. The third kappa shape index (κ3) is 3.54. The molecule has 7 nitrogen and oxygen atoms in total. The van der Waals surface area contributed by atoms with Gasteiger partial charge in [0, 0.05) is 26.8 Å². The molecule has 0 amide bonds. The number of aromatic nitrogens is 4. The van der Waals surface area contributed by atoms with Gasteiger partial charge in [-0.1, -0.05) is 0 Å². The molecule has 7 heteroatoms. The molecular formula is C14H25N5O2. The van der Waals surface area contributed by atoms with Crippen LogP contribution in [0.2, 0.25) is 0 Å². The molecule has 118 valence electrons. The molecule has 0 aliphatic rings. The number of methoxy groups -OCH3 is 1. The fourth-order valence-electron chi connectivity index (χ4n) is 2.40. The van der Waals surface area contributed by atoms with Crippen molar-refractivity contribution in [2.45, 2.75) is 39.8 Å². The van der Waals surface area contributed by atoms with Crippen LogP contribution < -0.4 is 5.73 Å². The Labute approximate surface area is 125 Å². The van der Waals surface area contributed by atoms with E-state index >= 15 is 0 Å². The lowest BCUT2D eigenvalue weighted by Gasteiger charge is -2.08. The van der Waals surface area contributed by atoms with Crippen molar-refractivity contribution >= 4 is 17.1 Å².